The SMILES string of the molecule is CCCc1nccc2c1c(C(N)=O)nn2-c1cccc(C#C[C@]2(O)CCN(C)C2=O)c1. The van der Waals surface area contributed by atoms with Gasteiger partial charge in [-0.1, -0.05) is 31.3 Å². The van der Waals surface area contributed by atoms with E-state index in [0.717, 1.165) is 17.6 Å². The number of aliphatic hydroxyl groups is 1. The van der Waals surface area contributed by atoms with Gasteiger partial charge in [0.05, 0.1) is 22.3 Å². The number of carbonyl (C=O) groups is 2. The Hall–Kier alpha value is -3.70. The van der Waals surface area contributed by atoms with Gasteiger partial charge in [0.1, 0.15) is 0 Å². The van der Waals surface area contributed by atoms with Crippen LogP contribution >= 0.6 is 0 Å². The average Bonchev–Trinajstić information content (AvgIpc) is 3.28. The molecule has 3 aromatic rings. The van der Waals surface area contributed by atoms with Gasteiger partial charge in [0.15, 0.2) is 5.69 Å². The lowest BCUT2D eigenvalue weighted by Crippen LogP contribution is -2.37. The van der Waals surface area contributed by atoms with Gasteiger partial charge < -0.3 is 15.7 Å². The zero-order valence-corrected chi connectivity index (χ0v) is 17.4. The molecule has 1 saturated heterocycles. The number of nitrogens with two attached hydrogens (primary N) is 1. The van der Waals surface area contributed by atoms with Gasteiger partial charge in [-0.3, -0.25) is 14.6 Å². The number of hydrogen-bond acceptors (Lipinski definition) is 5. The number of pyridine rings is 1. The molecule has 4 rings (SSSR count). The Labute approximate surface area is 179 Å². The minimum Gasteiger partial charge on any atom is -0.369 e. The van der Waals surface area contributed by atoms with E-state index in [1.807, 2.05) is 13.0 Å². The van der Waals surface area contributed by atoms with Gasteiger partial charge in [-0.2, -0.15) is 5.10 Å². The number of aryl methyl sites for hydroxylation is 1. The van der Waals surface area contributed by atoms with Gasteiger partial charge in [0.25, 0.3) is 11.8 Å². The highest BCUT2D eigenvalue weighted by atomic mass is 16.3. The highest BCUT2D eigenvalue weighted by Crippen LogP contribution is 2.26. The molecule has 0 saturated carbocycles. The Bertz CT molecular complexity index is 1250. The standard InChI is InChI=1S/C23H23N5O3/c1-3-5-17-19-18(9-12-25-17)28(26-20(19)21(24)29)16-7-4-6-15(14-16)8-10-23(31)11-13-27(2)22(23)30/h4,6-7,9,12,14,31H,3,5,11,13H2,1-2H3,(H2,24,29)/t23-/m0/s1. The van der Waals surface area contributed by atoms with Crippen LogP contribution in [0.4, 0.5) is 0 Å². The normalized spacial score (nSPS) is 18.3. The Morgan fingerprint density at radius 2 is 2.16 bits per heavy atom. The summed E-state index contributed by atoms with van der Waals surface area (Å²) < 4.78 is 1.64. The molecule has 2 aromatic heterocycles. The number of hydrogen-bond donors (Lipinski definition) is 2. The second-order valence-corrected chi connectivity index (χ2v) is 7.66. The van der Waals surface area contributed by atoms with E-state index in [1.54, 1.807) is 42.2 Å². The number of primary amides is 1. The summed E-state index contributed by atoms with van der Waals surface area (Å²) in [6.07, 6.45) is 3.54. The summed E-state index contributed by atoms with van der Waals surface area (Å²) in [5.41, 5.74) is 6.91. The predicted octanol–water partition coefficient (Wildman–Crippen LogP) is 1.42. The number of fused-ring (bicyclic) bond motifs is 1. The number of amides is 2. The molecule has 0 aliphatic carbocycles. The maximum atomic E-state index is 12.1. The quantitative estimate of drug-likeness (QED) is 0.623. The van der Waals surface area contributed by atoms with Gasteiger partial charge in [0, 0.05) is 31.8 Å². The topological polar surface area (TPSA) is 114 Å². The van der Waals surface area contributed by atoms with E-state index in [4.69, 9.17) is 5.73 Å². The van der Waals surface area contributed by atoms with Crippen molar-refractivity contribution in [3.8, 4) is 17.5 Å². The number of nitrogens with zero attached hydrogens (tertiary/aromatic N) is 4. The molecule has 3 N–H and O–H groups in total. The van der Waals surface area contributed by atoms with Crippen molar-refractivity contribution in [3.05, 3.63) is 53.5 Å². The molecule has 8 nitrogen and oxygen atoms in total. The maximum absolute atomic E-state index is 12.1. The molecular weight excluding hydrogens is 394 g/mol. The van der Waals surface area contributed by atoms with Crippen LogP contribution in [0.3, 0.4) is 0 Å². The van der Waals surface area contributed by atoms with Crippen LogP contribution in [0, 0.1) is 11.8 Å². The monoisotopic (exact) mass is 417 g/mol. The molecule has 0 radical (unpaired) electrons. The first-order valence-corrected chi connectivity index (χ1v) is 10.1. The van der Waals surface area contributed by atoms with E-state index in [0.29, 0.717) is 29.6 Å². The molecule has 158 valence electrons. The average molecular weight is 417 g/mol. The molecule has 1 fully saturated rings. The summed E-state index contributed by atoms with van der Waals surface area (Å²) in [6.45, 7) is 2.51. The fourth-order valence-corrected chi connectivity index (χ4v) is 3.79. The summed E-state index contributed by atoms with van der Waals surface area (Å²) in [5.74, 6) is 4.62. The van der Waals surface area contributed by atoms with Crippen LogP contribution in [0.25, 0.3) is 16.6 Å². The Balaban J connectivity index is 1.79. The van der Waals surface area contributed by atoms with E-state index in [2.05, 4.69) is 21.9 Å². The molecule has 2 amide bonds. The van der Waals surface area contributed by atoms with Crippen molar-refractivity contribution >= 4 is 22.7 Å². The minimum absolute atomic E-state index is 0.178. The molecule has 1 aromatic carbocycles. The van der Waals surface area contributed by atoms with Crippen molar-refractivity contribution in [1.29, 1.82) is 0 Å². The third-order valence-electron chi connectivity index (χ3n) is 5.41. The van der Waals surface area contributed by atoms with Crippen LogP contribution in [0.5, 0.6) is 0 Å². The first-order valence-electron chi connectivity index (χ1n) is 10.1. The van der Waals surface area contributed by atoms with Gasteiger partial charge in [-0.25, -0.2) is 4.68 Å². The van der Waals surface area contributed by atoms with Crippen molar-refractivity contribution in [2.45, 2.75) is 31.8 Å². The van der Waals surface area contributed by atoms with Crippen molar-refractivity contribution in [3.63, 3.8) is 0 Å². The molecule has 8 heteroatoms. The summed E-state index contributed by atoms with van der Waals surface area (Å²) in [6, 6.07) is 9.01. The van der Waals surface area contributed by atoms with E-state index >= 15 is 0 Å². The van der Waals surface area contributed by atoms with Gasteiger partial charge in [-0.15, -0.1) is 0 Å². The minimum atomic E-state index is -1.66. The van der Waals surface area contributed by atoms with Crippen molar-refractivity contribution in [2.75, 3.05) is 13.6 Å². The van der Waals surface area contributed by atoms with Gasteiger partial charge in [0.2, 0.25) is 5.60 Å². The summed E-state index contributed by atoms with van der Waals surface area (Å²) in [4.78, 5) is 30.1. The molecule has 1 atom stereocenters. The van der Waals surface area contributed by atoms with Crippen LogP contribution in [0.2, 0.25) is 0 Å². The fraction of sp³-hybridized carbons (Fsp3) is 0.304. The van der Waals surface area contributed by atoms with Crippen LogP contribution in [-0.2, 0) is 11.2 Å². The molecule has 1 aliphatic rings. The van der Waals surface area contributed by atoms with Gasteiger partial charge >= 0.3 is 0 Å². The number of likely N-dealkylation sites (tertiary alicyclic amines) is 1. The maximum Gasteiger partial charge on any atom is 0.269 e. The van der Waals surface area contributed by atoms with Crippen LogP contribution in [-0.4, -0.2) is 55.8 Å². The third kappa shape index (κ3) is 3.64. The van der Waals surface area contributed by atoms with Gasteiger partial charge in [-0.05, 0) is 30.7 Å². The second kappa shape index (κ2) is 7.85. The number of benzene rings is 1. The van der Waals surface area contributed by atoms with Crippen LogP contribution < -0.4 is 5.73 Å². The van der Waals surface area contributed by atoms with Crippen molar-refractivity contribution in [2.24, 2.45) is 5.73 Å². The summed E-state index contributed by atoms with van der Waals surface area (Å²) >= 11 is 0. The van der Waals surface area contributed by atoms with E-state index in [9.17, 15) is 14.7 Å². The van der Waals surface area contributed by atoms with E-state index in [1.165, 1.54) is 4.90 Å². The predicted molar refractivity (Wildman–Crippen MR) is 115 cm³/mol. The molecule has 0 bridgehead atoms. The Morgan fingerprint density at radius 3 is 2.84 bits per heavy atom. The smallest absolute Gasteiger partial charge is 0.269 e. The van der Waals surface area contributed by atoms with Crippen LogP contribution in [0.1, 0.15) is 41.5 Å². The summed E-state index contributed by atoms with van der Waals surface area (Å²) in [5, 5.41) is 15.6. The number of carbonyl (C=O) groups excluding carboxylic acids is 2. The zero-order chi connectivity index (χ0) is 22.2. The van der Waals surface area contributed by atoms with Crippen molar-refractivity contribution in [1.82, 2.24) is 19.7 Å². The highest BCUT2D eigenvalue weighted by molar-refractivity contribution is 6.05. The third-order valence-corrected chi connectivity index (χ3v) is 5.41. The van der Waals surface area contributed by atoms with E-state index in [-0.39, 0.29) is 12.1 Å². The zero-order valence-electron chi connectivity index (χ0n) is 17.4. The van der Waals surface area contributed by atoms with Crippen molar-refractivity contribution < 1.29 is 14.7 Å². The first kappa shape index (κ1) is 20.6. The lowest BCUT2D eigenvalue weighted by atomic mass is 10.0. The highest BCUT2D eigenvalue weighted by Gasteiger charge is 2.42. The lowest BCUT2D eigenvalue weighted by molar-refractivity contribution is -0.137. The number of aromatic nitrogens is 3. The number of likely N-dealkylation sites (N-methyl/N-ethyl adjacent to an activating group) is 1. The fourth-order valence-electron chi connectivity index (χ4n) is 3.79. The Morgan fingerprint density at radius 1 is 1.35 bits per heavy atom. The van der Waals surface area contributed by atoms with Crippen LogP contribution in [0.15, 0.2) is 36.5 Å². The second-order valence-electron chi connectivity index (χ2n) is 7.66. The first-order chi connectivity index (χ1) is 14.8. The summed E-state index contributed by atoms with van der Waals surface area (Å²) in [7, 11) is 1.64. The van der Waals surface area contributed by atoms with E-state index < -0.39 is 17.4 Å². The largest absolute Gasteiger partial charge is 0.369 e. The lowest BCUT2D eigenvalue weighted by Gasteiger charge is -2.13. The Kier molecular flexibility index (Phi) is 5.21. The molecule has 0 spiro atoms. The molecule has 3 heterocycles. The molecular formula is C23H23N5O3. The molecule has 31 heavy (non-hydrogen) atoms. The number of rotatable bonds is 4. The molecule has 0 unspecified atom stereocenters. The molecule has 1 aliphatic heterocycles.